The quantitative estimate of drug-likeness (QED) is 0.754. The Morgan fingerprint density at radius 2 is 1.62 bits per heavy atom. The molecule has 0 heterocycles. The Morgan fingerprint density at radius 3 is 2.00 bits per heavy atom. The van der Waals surface area contributed by atoms with Gasteiger partial charge >= 0.3 is 7.60 Å². The zero-order valence-electron chi connectivity index (χ0n) is 7.43. The van der Waals surface area contributed by atoms with Crippen molar-refractivity contribution < 1.29 is 18.7 Å². The third-order valence-electron chi connectivity index (χ3n) is 1.65. The SMILES string of the molecule is COP(=O)(OC)c1ccc(O)cc1. The number of phenolic OH excluding ortho intramolecular Hbond substituents is 1. The van der Waals surface area contributed by atoms with Gasteiger partial charge in [-0.05, 0) is 24.3 Å². The minimum atomic E-state index is -3.16. The van der Waals surface area contributed by atoms with Gasteiger partial charge in [0.2, 0.25) is 0 Å². The fourth-order valence-corrected chi connectivity index (χ4v) is 2.01. The lowest BCUT2D eigenvalue weighted by Gasteiger charge is -2.13. The summed E-state index contributed by atoms with van der Waals surface area (Å²) in [5, 5.41) is 9.42. The van der Waals surface area contributed by atoms with Crippen molar-refractivity contribution in [1.82, 2.24) is 0 Å². The molecule has 0 spiro atoms. The highest BCUT2D eigenvalue weighted by Crippen LogP contribution is 2.44. The van der Waals surface area contributed by atoms with Gasteiger partial charge in [-0.15, -0.1) is 0 Å². The lowest BCUT2D eigenvalue weighted by atomic mass is 10.3. The molecule has 0 aliphatic heterocycles. The number of phenols is 1. The molecule has 0 fully saturated rings. The fourth-order valence-electron chi connectivity index (χ4n) is 0.921. The van der Waals surface area contributed by atoms with E-state index < -0.39 is 7.60 Å². The van der Waals surface area contributed by atoms with E-state index in [1.165, 1.54) is 38.5 Å². The number of hydrogen-bond acceptors (Lipinski definition) is 4. The molecule has 72 valence electrons. The molecular weight excluding hydrogens is 191 g/mol. The maximum atomic E-state index is 11.7. The molecule has 13 heavy (non-hydrogen) atoms. The highest BCUT2D eigenvalue weighted by molar-refractivity contribution is 7.62. The van der Waals surface area contributed by atoms with Crippen molar-refractivity contribution in [2.45, 2.75) is 0 Å². The van der Waals surface area contributed by atoms with Crippen LogP contribution in [0.2, 0.25) is 0 Å². The summed E-state index contributed by atoms with van der Waals surface area (Å²) in [6, 6.07) is 5.87. The van der Waals surface area contributed by atoms with E-state index in [0.717, 1.165) is 0 Å². The minimum Gasteiger partial charge on any atom is -0.508 e. The van der Waals surface area contributed by atoms with Crippen molar-refractivity contribution in [3.8, 4) is 5.75 Å². The predicted octanol–water partition coefficient (Wildman–Crippen LogP) is 1.50. The van der Waals surface area contributed by atoms with Gasteiger partial charge in [-0.3, -0.25) is 4.57 Å². The summed E-state index contributed by atoms with van der Waals surface area (Å²) >= 11 is 0. The van der Waals surface area contributed by atoms with Crippen LogP contribution in [0.25, 0.3) is 0 Å². The Morgan fingerprint density at radius 1 is 1.15 bits per heavy atom. The Bertz CT molecular complexity index is 311. The largest absolute Gasteiger partial charge is 0.508 e. The highest BCUT2D eigenvalue weighted by atomic mass is 31.2. The average molecular weight is 202 g/mol. The smallest absolute Gasteiger partial charge is 0.360 e. The zero-order valence-corrected chi connectivity index (χ0v) is 8.32. The van der Waals surface area contributed by atoms with Gasteiger partial charge in [-0.25, -0.2) is 0 Å². The van der Waals surface area contributed by atoms with Gasteiger partial charge in [-0.1, -0.05) is 0 Å². The molecule has 0 radical (unpaired) electrons. The molecule has 4 nitrogen and oxygen atoms in total. The van der Waals surface area contributed by atoms with Crippen molar-refractivity contribution in [2.24, 2.45) is 0 Å². The molecule has 0 saturated heterocycles. The molecule has 0 aromatic heterocycles. The first-order chi connectivity index (χ1) is 6.12. The maximum absolute atomic E-state index is 11.7. The average Bonchev–Trinajstić information content (AvgIpc) is 2.18. The molecule has 0 bridgehead atoms. The summed E-state index contributed by atoms with van der Waals surface area (Å²) in [5.41, 5.74) is 0. The lowest BCUT2D eigenvalue weighted by Crippen LogP contribution is -2.06. The standard InChI is InChI=1S/C8H11O4P/c1-11-13(10,12-2)8-5-3-7(9)4-6-8/h3-6,9H,1-2H3. The summed E-state index contributed by atoms with van der Waals surface area (Å²) < 4.78 is 21.3. The lowest BCUT2D eigenvalue weighted by molar-refractivity contribution is 0.287. The van der Waals surface area contributed by atoms with E-state index in [9.17, 15) is 4.57 Å². The van der Waals surface area contributed by atoms with Gasteiger partial charge in [0.25, 0.3) is 0 Å². The molecule has 1 N–H and O–H groups in total. The van der Waals surface area contributed by atoms with Crippen LogP contribution in [0.3, 0.4) is 0 Å². The molecule has 0 amide bonds. The Labute approximate surface area is 76.6 Å². The molecule has 1 rings (SSSR count). The molecule has 1 aromatic rings. The van der Waals surface area contributed by atoms with Gasteiger partial charge in [0.1, 0.15) is 5.75 Å². The second-order valence-electron chi connectivity index (χ2n) is 2.38. The minimum absolute atomic E-state index is 0.113. The first kappa shape index (κ1) is 10.3. The van der Waals surface area contributed by atoms with E-state index in [4.69, 9.17) is 14.2 Å². The first-order valence-electron chi connectivity index (χ1n) is 3.63. The Balaban J connectivity index is 3.07. The van der Waals surface area contributed by atoms with Crippen molar-refractivity contribution in [2.75, 3.05) is 14.2 Å². The van der Waals surface area contributed by atoms with E-state index in [-0.39, 0.29) is 5.75 Å². The zero-order chi connectivity index (χ0) is 9.90. The number of rotatable bonds is 3. The molecule has 0 unspecified atom stereocenters. The van der Waals surface area contributed by atoms with Gasteiger partial charge in [0.15, 0.2) is 0 Å². The molecule has 1 aromatic carbocycles. The van der Waals surface area contributed by atoms with E-state index in [2.05, 4.69) is 0 Å². The van der Waals surface area contributed by atoms with Crippen molar-refractivity contribution in [3.63, 3.8) is 0 Å². The molecular formula is C8H11O4P. The van der Waals surface area contributed by atoms with Crippen LogP contribution in [0.1, 0.15) is 0 Å². The molecule has 0 aliphatic rings. The second kappa shape index (κ2) is 3.92. The van der Waals surface area contributed by atoms with Gasteiger partial charge in [0.05, 0.1) is 5.30 Å². The van der Waals surface area contributed by atoms with E-state index in [1.54, 1.807) is 0 Å². The van der Waals surface area contributed by atoms with E-state index >= 15 is 0 Å². The molecule has 0 atom stereocenters. The van der Waals surface area contributed by atoms with Crippen LogP contribution in [0, 0.1) is 0 Å². The monoisotopic (exact) mass is 202 g/mol. The molecule has 5 heteroatoms. The normalized spacial score (nSPS) is 11.5. The Hall–Kier alpha value is -0.830. The van der Waals surface area contributed by atoms with Crippen molar-refractivity contribution in [3.05, 3.63) is 24.3 Å². The molecule has 0 saturated carbocycles. The van der Waals surface area contributed by atoms with Crippen LogP contribution < -0.4 is 5.30 Å². The topological polar surface area (TPSA) is 55.8 Å². The van der Waals surface area contributed by atoms with Gasteiger partial charge in [0, 0.05) is 14.2 Å². The summed E-state index contributed by atoms with van der Waals surface area (Å²) in [4.78, 5) is 0. The summed E-state index contributed by atoms with van der Waals surface area (Å²) in [6.07, 6.45) is 0. The van der Waals surface area contributed by atoms with Crippen LogP contribution in [0.5, 0.6) is 5.75 Å². The van der Waals surface area contributed by atoms with E-state index in [0.29, 0.717) is 5.30 Å². The van der Waals surface area contributed by atoms with Crippen molar-refractivity contribution in [1.29, 1.82) is 0 Å². The summed E-state index contributed by atoms with van der Waals surface area (Å²) in [5.74, 6) is 0.113. The second-order valence-corrected chi connectivity index (χ2v) is 4.62. The highest BCUT2D eigenvalue weighted by Gasteiger charge is 2.23. The van der Waals surface area contributed by atoms with Crippen LogP contribution in [-0.2, 0) is 13.6 Å². The van der Waals surface area contributed by atoms with E-state index in [1.807, 2.05) is 0 Å². The Kier molecular flexibility index (Phi) is 3.09. The number of aromatic hydroxyl groups is 1. The summed E-state index contributed by atoms with van der Waals surface area (Å²) in [6.45, 7) is 0. The van der Waals surface area contributed by atoms with Gasteiger partial charge < -0.3 is 14.2 Å². The van der Waals surface area contributed by atoms with Crippen molar-refractivity contribution >= 4 is 12.9 Å². The molecule has 0 aliphatic carbocycles. The summed E-state index contributed by atoms with van der Waals surface area (Å²) in [7, 11) is -0.531. The fraction of sp³-hybridized carbons (Fsp3) is 0.250. The van der Waals surface area contributed by atoms with Crippen LogP contribution >= 0.6 is 7.60 Å². The number of benzene rings is 1. The van der Waals surface area contributed by atoms with Crippen LogP contribution in [-0.4, -0.2) is 19.3 Å². The first-order valence-corrected chi connectivity index (χ1v) is 5.18. The van der Waals surface area contributed by atoms with Gasteiger partial charge in [-0.2, -0.15) is 0 Å². The third-order valence-corrected chi connectivity index (χ3v) is 3.54. The third kappa shape index (κ3) is 2.10. The maximum Gasteiger partial charge on any atom is 0.360 e. The van der Waals surface area contributed by atoms with Crippen LogP contribution in [0.4, 0.5) is 0 Å². The number of hydrogen-bond donors (Lipinski definition) is 1. The van der Waals surface area contributed by atoms with Crippen LogP contribution in [0.15, 0.2) is 24.3 Å². The predicted molar refractivity (Wildman–Crippen MR) is 49.4 cm³/mol.